The summed E-state index contributed by atoms with van der Waals surface area (Å²) in [5.41, 5.74) is 5.81. The molecular formula is C36H39N3O5. The summed E-state index contributed by atoms with van der Waals surface area (Å²) in [5.74, 6) is -0.338. The highest BCUT2D eigenvalue weighted by molar-refractivity contribution is 6.04. The maximum Gasteiger partial charge on any atom is 0.408 e. The Balaban J connectivity index is 1.22. The van der Waals surface area contributed by atoms with Gasteiger partial charge in [-0.15, -0.1) is 0 Å². The first-order valence-corrected chi connectivity index (χ1v) is 15.1. The van der Waals surface area contributed by atoms with Crippen molar-refractivity contribution in [3.8, 4) is 11.1 Å². The summed E-state index contributed by atoms with van der Waals surface area (Å²) in [7, 11) is 0. The average molecular weight is 594 g/mol. The number of carbonyl (C=O) groups excluding carboxylic acids is 3. The van der Waals surface area contributed by atoms with Crippen LogP contribution < -0.4 is 16.0 Å². The molecule has 0 aromatic heterocycles. The Morgan fingerprint density at radius 2 is 1.55 bits per heavy atom. The third-order valence-corrected chi connectivity index (χ3v) is 7.55. The third kappa shape index (κ3) is 7.75. The molecule has 8 nitrogen and oxygen atoms in total. The van der Waals surface area contributed by atoms with E-state index < -0.39 is 23.8 Å². The standard InChI is InChI=1S/C36H39N3O5/c1-36(2,3)44-34(41)37-21-9-8-19-32(33(40)38-31-20-11-14-24-12-4-7-17-28(24)31)39-35(42)43-23-26-15-10-18-29-27-16-6-5-13-25(27)22-30(26)29/h4-7,10-18,20,32H,8-9,19,21-23H2,1-3H3,(H,37,41)(H,38,40)(H,39,42)/t32-/m0/s1. The van der Waals surface area contributed by atoms with Crippen molar-refractivity contribution < 1.29 is 23.9 Å². The molecule has 0 spiro atoms. The zero-order chi connectivity index (χ0) is 31.1. The van der Waals surface area contributed by atoms with Gasteiger partial charge in [0.2, 0.25) is 5.91 Å². The van der Waals surface area contributed by atoms with Crippen LogP contribution in [0.4, 0.5) is 15.3 Å². The van der Waals surface area contributed by atoms with Gasteiger partial charge in [-0.2, -0.15) is 0 Å². The maximum atomic E-state index is 13.5. The molecular weight excluding hydrogens is 554 g/mol. The number of carbonyl (C=O) groups is 3. The highest BCUT2D eigenvalue weighted by Crippen LogP contribution is 2.38. The van der Waals surface area contributed by atoms with Crippen LogP contribution in [0.2, 0.25) is 0 Å². The molecule has 3 amide bonds. The lowest BCUT2D eigenvalue weighted by Crippen LogP contribution is -2.44. The van der Waals surface area contributed by atoms with Crippen LogP contribution in [0.3, 0.4) is 0 Å². The van der Waals surface area contributed by atoms with Crippen LogP contribution in [0.1, 0.15) is 56.7 Å². The van der Waals surface area contributed by atoms with Gasteiger partial charge in [-0.1, -0.05) is 78.9 Å². The first-order valence-electron chi connectivity index (χ1n) is 15.1. The molecule has 0 unspecified atom stereocenters. The molecule has 4 aromatic rings. The number of rotatable bonds is 10. The Hall–Kier alpha value is -4.85. The van der Waals surface area contributed by atoms with Gasteiger partial charge >= 0.3 is 12.2 Å². The quantitative estimate of drug-likeness (QED) is 0.147. The molecule has 3 N–H and O–H groups in total. The van der Waals surface area contributed by atoms with Gasteiger partial charge in [-0.3, -0.25) is 4.79 Å². The zero-order valence-corrected chi connectivity index (χ0v) is 25.4. The molecule has 0 fully saturated rings. The van der Waals surface area contributed by atoms with E-state index in [4.69, 9.17) is 9.47 Å². The molecule has 8 heteroatoms. The summed E-state index contributed by atoms with van der Waals surface area (Å²) in [5, 5.41) is 10.4. The Morgan fingerprint density at radius 1 is 0.818 bits per heavy atom. The molecule has 44 heavy (non-hydrogen) atoms. The number of amides is 3. The van der Waals surface area contributed by atoms with Gasteiger partial charge in [0.1, 0.15) is 18.2 Å². The van der Waals surface area contributed by atoms with E-state index in [0.29, 0.717) is 31.5 Å². The summed E-state index contributed by atoms with van der Waals surface area (Å²) < 4.78 is 10.9. The van der Waals surface area contributed by atoms with E-state index >= 15 is 0 Å². The summed E-state index contributed by atoms with van der Waals surface area (Å²) in [6.07, 6.45) is 1.18. The second-order valence-electron chi connectivity index (χ2n) is 12.0. The van der Waals surface area contributed by atoms with E-state index in [0.717, 1.165) is 33.9 Å². The fourth-order valence-electron chi connectivity index (χ4n) is 5.49. The molecule has 4 aromatic carbocycles. The van der Waals surface area contributed by atoms with E-state index in [1.165, 1.54) is 11.1 Å². The van der Waals surface area contributed by atoms with Crippen LogP contribution in [-0.2, 0) is 27.3 Å². The van der Waals surface area contributed by atoms with Gasteiger partial charge in [0.25, 0.3) is 0 Å². The third-order valence-electron chi connectivity index (χ3n) is 7.55. The molecule has 0 saturated carbocycles. The molecule has 1 aliphatic carbocycles. The normalized spacial score (nSPS) is 12.5. The zero-order valence-electron chi connectivity index (χ0n) is 25.4. The smallest absolute Gasteiger partial charge is 0.408 e. The van der Waals surface area contributed by atoms with Gasteiger partial charge in [-0.25, -0.2) is 9.59 Å². The van der Waals surface area contributed by atoms with Crippen LogP contribution in [0.25, 0.3) is 21.9 Å². The Labute approximate surface area is 258 Å². The Kier molecular flexibility index (Phi) is 9.48. The van der Waals surface area contributed by atoms with Crippen molar-refractivity contribution >= 4 is 34.6 Å². The van der Waals surface area contributed by atoms with Gasteiger partial charge < -0.3 is 25.4 Å². The van der Waals surface area contributed by atoms with Crippen molar-refractivity contribution in [2.75, 3.05) is 11.9 Å². The Morgan fingerprint density at radius 3 is 2.39 bits per heavy atom. The number of benzene rings is 4. The van der Waals surface area contributed by atoms with Crippen molar-refractivity contribution in [3.05, 3.63) is 102 Å². The van der Waals surface area contributed by atoms with Crippen molar-refractivity contribution in [1.82, 2.24) is 10.6 Å². The fourth-order valence-corrected chi connectivity index (χ4v) is 5.49. The van der Waals surface area contributed by atoms with Crippen LogP contribution >= 0.6 is 0 Å². The van der Waals surface area contributed by atoms with Gasteiger partial charge in [0.05, 0.1) is 0 Å². The number of anilines is 1. The predicted octanol–water partition coefficient (Wildman–Crippen LogP) is 7.34. The minimum Gasteiger partial charge on any atom is -0.445 e. The van der Waals surface area contributed by atoms with Crippen LogP contribution in [0.15, 0.2) is 84.9 Å². The Bertz CT molecular complexity index is 1650. The van der Waals surface area contributed by atoms with E-state index in [1.807, 2.05) is 66.7 Å². The van der Waals surface area contributed by atoms with Crippen LogP contribution in [0, 0.1) is 0 Å². The number of alkyl carbamates (subject to hydrolysis) is 2. The summed E-state index contributed by atoms with van der Waals surface area (Å²) in [6, 6.07) is 27.0. The summed E-state index contributed by atoms with van der Waals surface area (Å²) in [4.78, 5) is 38.5. The van der Waals surface area contributed by atoms with E-state index in [9.17, 15) is 14.4 Å². The van der Waals surface area contributed by atoms with Gasteiger partial charge in [-0.05, 0) is 85.7 Å². The minimum absolute atomic E-state index is 0.0977. The molecule has 1 atom stereocenters. The molecule has 0 radical (unpaired) electrons. The molecule has 0 saturated heterocycles. The first-order chi connectivity index (χ1) is 21.2. The minimum atomic E-state index is -0.839. The lowest BCUT2D eigenvalue weighted by atomic mass is 10.0. The lowest BCUT2D eigenvalue weighted by molar-refractivity contribution is -0.118. The van der Waals surface area contributed by atoms with Crippen molar-refractivity contribution in [2.45, 2.75) is 64.7 Å². The molecule has 0 aliphatic heterocycles. The van der Waals surface area contributed by atoms with E-state index in [1.54, 1.807) is 20.8 Å². The summed E-state index contributed by atoms with van der Waals surface area (Å²) in [6.45, 7) is 5.90. The molecule has 0 heterocycles. The maximum absolute atomic E-state index is 13.5. The number of fused-ring (bicyclic) bond motifs is 4. The number of nitrogens with one attached hydrogen (secondary N) is 3. The lowest BCUT2D eigenvalue weighted by Gasteiger charge is -2.20. The number of hydrogen-bond donors (Lipinski definition) is 3. The van der Waals surface area contributed by atoms with Crippen molar-refractivity contribution in [3.63, 3.8) is 0 Å². The van der Waals surface area contributed by atoms with Crippen molar-refractivity contribution in [1.29, 1.82) is 0 Å². The second-order valence-corrected chi connectivity index (χ2v) is 12.0. The molecule has 1 aliphatic rings. The highest BCUT2D eigenvalue weighted by atomic mass is 16.6. The second kappa shape index (κ2) is 13.6. The number of ether oxygens (including phenoxy) is 2. The predicted molar refractivity (Wildman–Crippen MR) is 172 cm³/mol. The van der Waals surface area contributed by atoms with Crippen LogP contribution in [-0.4, -0.2) is 36.3 Å². The number of hydrogen-bond acceptors (Lipinski definition) is 5. The SMILES string of the molecule is CC(C)(C)OC(=O)NCCCC[C@H](NC(=O)OCc1cccc2c1Cc1ccccc1-2)C(=O)Nc1cccc2ccccc12. The molecule has 5 rings (SSSR count). The van der Waals surface area contributed by atoms with E-state index in [2.05, 4.69) is 34.1 Å². The molecule has 228 valence electrons. The monoisotopic (exact) mass is 593 g/mol. The van der Waals surface area contributed by atoms with Crippen LogP contribution in [0.5, 0.6) is 0 Å². The van der Waals surface area contributed by atoms with Gasteiger partial charge in [0.15, 0.2) is 0 Å². The number of unbranched alkanes of at least 4 members (excludes halogenated alkanes) is 1. The topological polar surface area (TPSA) is 106 Å². The van der Waals surface area contributed by atoms with Crippen molar-refractivity contribution in [2.24, 2.45) is 0 Å². The average Bonchev–Trinajstić information content (AvgIpc) is 3.38. The highest BCUT2D eigenvalue weighted by Gasteiger charge is 2.24. The first kappa shape index (κ1) is 30.6. The van der Waals surface area contributed by atoms with Gasteiger partial charge in [0, 0.05) is 17.6 Å². The largest absolute Gasteiger partial charge is 0.445 e. The van der Waals surface area contributed by atoms with E-state index in [-0.39, 0.29) is 12.5 Å². The molecule has 0 bridgehead atoms. The fraction of sp³-hybridized carbons (Fsp3) is 0.306. The summed E-state index contributed by atoms with van der Waals surface area (Å²) >= 11 is 0.